The van der Waals surface area contributed by atoms with Gasteiger partial charge in [-0.15, -0.1) is 0 Å². The maximum absolute atomic E-state index is 10.9. The van der Waals surface area contributed by atoms with Crippen LogP contribution in [0.25, 0.3) is 16.8 Å². The van der Waals surface area contributed by atoms with Gasteiger partial charge in [-0.1, -0.05) is 18.2 Å². The molecule has 0 radical (unpaired) electrons. The van der Waals surface area contributed by atoms with E-state index in [2.05, 4.69) is 15.6 Å². The third-order valence-corrected chi connectivity index (χ3v) is 3.53. The van der Waals surface area contributed by atoms with E-state index in [9.17, 15) is 14.9 Å². The summed E-state index contributed by atoms with van der Waals surface area (Å²) in [4.78, 5) is 21.3. The van der Waals surface area contributed by atoms with Crippen LogP contribution in [0.1, 0.15) is 0 Å². The van der Waals surface area contributed by atoms with Crippen molar-refractivity contribution in [3.63, 3.8) is 0 Å². The lowest BCUT2D eigenvalue weighted by Gasteiger charge is -2.09. The molecule has 0 saturated heterocycles. The van der Waals surface area contributed by atoms with Crippen LogP contribution < -0.4 is 16.5 Å². The number of nitro benzene ring substituents is 1. The van der Waals surface area contributed by atoms with Crippen molar-refractivity contribution in [2.75, 3.05) is 0 Å². The smallest absolute Gasteiger partial charge is 0.332 e. The van der Waals surface area contributed by atoms with Gasteiger partial charge in [0.25, 0.3) is 5.69 Å². The number of rotatable bonds is 4. The van der Waals surface area contributed by atoms with E-state index in [1.54, 1.807) is 23.0 Å². The molecule has 2 aromatic carbocycles. The average Bonchev–Trinajstić information content (AvgIpc) is 2.67. The summed E-state index contributed by atoms with van der Waals surface area (Å²) in [6.45, 7) is 0. The molecule has 0 aliphatic carbocycles. The number of carbonyl (C=O) groups excluding carboxylic acids is 1. The van der Waals surface area contributed by atoms with Gasteiger partial charge in [0.05, 0.1) is 16.8 Å². The molecule has 0 aliphatic heterocycles. The normalized spacial score (nSPS) is 11.2. The Labute approximate surface area is 147 Å². The van der Waals surface area contributed by atoms with Crippen molar-refractivity contribution in [3.05, 3.63) is 82.5 Å². The summed E-state index contributed by atoms with van der Waals surface area (Å²) in [7, 11) is 0. The first-order valence-electron chi connectivity index (χ1n) is 7.53. The molecule has 0 saturated carbocycles. The Morgan fingerprint density at radius 3 is 2.46 bits per heavy atom. The Kier molecular flexibility index (Phi) is 4.70. The number of nitrogens with two attached hydrogens (primary N) is 1. The minimum Gasteiger partial charge on any atom is -0.350 e. The van der Waals surface area contributed by atoms with E-state index in [1.165, 1.54) is 18.3 Å². The molecule has 26 heavy (non-hydrogen) atoms. The van der Waals surface area contributed by atoms with Crippen molar-refractivity contribution in [2.45, 2.75) is 0 Å². The molecule has 0 spiro atoms. The number of para-hydroxylation sites is 1. The van der Waals surface area contributed by atoms with Crippen molar-refractivity contribution in [3.8, 4) is 16.8 Å². The number of benzene rings is 2. The number of carbonyl (C=O) groups is 1. The second kappa shape index (κ2) is 7.26. The fraction of sp³-hybridized carbons (Fsp3) is 0. The fourth-order valence-electron chi connectivity index (χ4n) is 2.32. The number of amides is 2. The molecule has 9 heteroatoms. The SMILES string of the molecule is NC(=O)N/N=c1/cnn(-c2ccccc2)cc1-c1ccc([N+](=O)[O-])cc1. The minimum absolute atomic E-state index is 0.0208. The Balaban J connectivity index is 2.13. The Bertz CT molecular complexity index is 1010. The maximum atomic E-state index is 10.9. The molecule has 1 heterocycles. The first-order valence-corrected chi connectivity index (χ1v) is 7.53. The third kappa shape index (κ3) is 3.73. The second-order valence-electron chi connectivity index (χ2n) is 5.24. The number of hydrogen-bond acceptors (Lipinski definition) is 5. The summed E-state index contributed by atoms with van der Waals surface area (Å²) in [5.41, 5.74) is 9.32. The van der Waals surface area contributed by atoms with Crippen molar-refractivity contribution < 1.29 is 9.72 Å². The van der Waals surface area contributed by atoms with Gasteiger partial charge in [0.15, 0.2) is 0 Å². The fourth-order valence-corrected chi connectivity index (χ4v) is 2.32. The second-order valence-corrected chi connectivity index (χ2v) is 5.24. The van der Waals surface area contributed by atoms with E-state index in [0.29, 0.717) is 16.5 Å². The lowest BCUT2D eigenvalue weighted by molar-refractivity contribution is -0.384. The highest BCUT2D eigenvalue weighted by Gasteiger charge is 2.09. The van der Waals surface area contributed by atoms with Crippen molar-refractivity contribution >= 4 is 11.7 Å². The van der Waals surface area contributed by atoms with Crippen molar-refractivity contribution in [2.24, 2.45) is 10.8 Å². The van der Waals surface area contributed by atoms with E-state index >= 15 is 0 Å². The molecule has 0 bridgehead atoms. The van der Waals surface area contributed by atoms with Crippen LogP contribution in [0.5, 0.6) is 0 Å². The summed E-state index contributed by atoms with van der Waals surface area (Å²) in [6, 6.07) is 14.6. The van der Waals surface area contributed by atoms with Crippen LogP contribution >= 0.6 is 0 Å². The predicted molar refractivity (Wildman–Crippen MR) is 93.9 cm³/mol. The number of nitro groups is 1. The molecule has 3 aromatic rings. The topological polar surface area (TPSA) is 128 Å². The number of aromatic nitrogens is 2. The summed E-state index contributed by atoms with van der Waals surface area (Å²) < 4.78 is 1.64. The predicted octanol–water partition coefficient (Wildman–Crippen LogP) is 1.93. The molecule has 0 fully saturated rings. The molecule has 2 amide bonds. The highest BCUT2D eigenvalue weighted by Crippen LogP contribution is 2.20. The molecule has 1 aromatic heterocycles. The van der Waals surface area contributed by atoms with Gasteiger partial charge in [0.2, 0.25) is 0 Å². The number of nitrogens with one attached hydrogen (secondary N) is 1. The molecule has 130 valence electrons. The van der Waals surface area contributed by atoms with Gasteiger partial charge < -0.3 is 5.73 Å². The van der Waals surface area contributed by atoms with Crippen LogP contribution in [0, 0.1) is 10.1 Å². The zero-order valence-corrected chi connectivity index (χ0v) is 13.4. The minimum atomic E-state index is -0.806. The van der Waals surface area contributed by atoms with Gasteiger partial charge in [0, 0.05) is 23.9 Å². The Morgan fingerprint density at radius 2 is 1.85 bits per heavy atom. The number of nitrogens with zero attached hydrogens (tertiary/aromatic N) is 4. The molecule has 3 N–H and O–H groups in total. The first-order chi connectivity index (χ1) is 12.5. The summed E-state index contributed by atoms with van der Waals surface area (Å²) in [6.07, 6.45) is 3.19. The van der Waals surface area contributed by atoms with Crippen molar-refractivity contribution in [1.82, 2.24) is 15.2 Å². The van der Waals surface area contributed by atoms with Crippen LogP contribution in [0.2, 0.25) is 0 Å². The van der Waals surface area contributed by atoms with Crippen LogP contribution in [0.4, 0.5) is 10.5 Å². The van der Waals surface area contributed by atoms with E-state index < -0.39 is 11.0 Å². The summed E-state index contributed by atoms with van der Waals surface area (Å²) in [5, 5.41) is 19.4. The van der Waals surface area contributed by atoms with E-state index in [0.717, 1.165) is 5.69 Å². The van der Waals surface area contributed by atoms with Crippen LogP contribution in [-0.4, -0.2) is 20.7 Å². The lowest BCUT2D eigenvalue weighted by atomic mass is 10.1. The van der Waals surface area contributed by atoms with Gasteiger partial charge >= 0.3 is 6.03 Å². The zero-order chi connectivity index (χ0) is 18.5. The molecule has 0 aliphatic rings. The van der Waals surface area contributed by atoms with Gasteiger partial charge in [-0.25, -0.2) is 14.9 Å². The van der Waals surface area contributed by atoms with Crippen LogP contribution in [-0.2, 0) is 0 Å². The molecule has 0 unspecified atom stereocenters. The number of primary amides is 1. The third-order valence-electron chi connectivity index (χ3n) is 3.53. The van der Waals surface area contributed by atoms with Crippen molar-refractivity contribution in [1.29, 1.82) is 0 Å². The van der Waals surface area contributed by atoms with Crippen LogP contribution in [0.15, 0.2) is 72.1 Å². The van der Waals surface area contributed by atoms with E-state index in [-0.39, 0.29) is 5.69 Å². The lowest BCUT2D eigenvalue weighted by Crippen LogP contribution is -2.27. The average molecular weight is 350 g/mol. The first kappa shape index (κ1) is 16.8. The molecule has 3 rings (SSSR count). The Morgan fingerprint density at radius 1 is 1.15 bits per heavy atom. The molecular weight excluding hydrogens is 336 g/mol. The Hall–Kier alpha value is -4.01. The molecular formula is C17H14N6O3. The standard InChI is InChI=1S/C17H14N6O3/c18-17(24)21-20-16-10-19-22(13-4-2-1-3-5-13)11-15(16)12-6-8-14(9-7-12)23(25)26/h1-11H,(H3,18,21,24)/b20-16-. The van der Waals surface area contributed by atoms with E-state index in [4.69, 9.17) is 5.73 Å². The van der Waals surface area contributed by atoms with Gasteiger partial charge in [-0.2, -0.15) is 10.2 Å². The molecule has 9 nitrogen and oxygen atoms in total. The van der Waals surface area contributed by atoms with Crippen LogP contribution in [0.3, 0.4) is 0 Å². The van der Waals surface area contributed by atoms with Gasteiger partial charge in [0.1, 0.15) is 5.36 Å². The van der Waals surface area contributed by atoms with Gasteiger partial charge in [-0.3, -0.25) is 10.1 Å². The summed E-state index contributed by atoms with van der Waals surface area (Å²) >= 11 is 0. The number of hydrogen-bond donors (Lipinski definition) is 2. The monoisotopic (exact) mass is 350 g/mol. The largest absolute Gasteiger partial charge is 0.350 e. The van der Waals surface area contributed by atoms with E-state index in [1.807, 2.05) is 30.3 Å². The highest BCUT2D eigenvalue weighted by atomic mass is 16.6. The molecule has 0 atom stereocenters. The zero-order valence-electron chi connectivity index (χ0n) is 13.4. The number of urea groups is 1. The number of non-ortho nitro benzene ring substituents is 1. The summed E-state index contributed by atoms with van der Waals surface area (Å²) in [5.74, 6) is 0. The van der Waals surface area contributed by atoms with Gasteiger partial charge in [-0.05, 0) is 29.8 Å². The highest BCUT2D eigenvalue weighted by molar-refractivity contribution is 5.71. The maximum Gasteiger partial charge on any atom is 0.332 e. The quantitative estimate of drug-likeness (QED) is 0.550.